The second kappa shape index (κ2) is 5.21. The summed E-state index contributed by atoms with van der Waals surface area (Å²) in [4.78, 5) is 11.1. The number of carboxylic acids is 1. The maximum Gasteiger partial charge on any atom is 0.311 e. The van der Waals surface area contributed by atoms with Gasteiger partial charge in [0.15, 0.2) is 0 Å². The van der Waals surface area contributed by atoms with Crippen molar-refractivity contribution in [1.29, 1.82) is 0 Å². The van der Waals surface area contributed by atoms with Crippen LogP contribution in [-0.2, 0) is 4.79 Å². The molecular weight excluding hydrogens is 228 g/mol. The Labute approximate surface area is 100.0 Å². The van der Waals surface area contributed by atoms with E-state index in [4.69, 9.17) is 21.4 Å². The summed E-state index contributed by atoms with van der Waals surface area (Å²) in [5.41, 5.74) is 1.51. The number of halogens is 1. The molecule has 1 rings (SSSR count). The molecule has 0 aromatic heterocycles. The molecule has 3 nitrogen and oxygen atoms in total. The average Bonchev–Trinajstić information content (AvgIpc) is 2.23. The lowest BCUT2D eigenvalue weighted by Gasteiger charge is -2.16. The topological polar surface area (TPSA) is 46.5 Å². The van der Waals surface area contributed by atoms with E-state index in [1.165, 1.54) is 7.11 Å². The summed E-state index contributed by atoms with van der Waals surface area (Å²) in [5, 5.41) is 9.67. The SMILES string of the molecule is CCC(C(=O)O)c1cc(Cl)c(C)cc1OC. The highest BCUT2D eigenvalue weighted by atomic mass is 35.5. The molecule has 0 aliphatic heterocycles. The van der Waals surface area contributed by atoms with Crippen LogP contribution in [0.1, 0.15) is 30.4 Å². The molecule has 4 heteroatoms. The molecule has 88 valence electrons. The number of rotatable bonds is 4. The first-order chi connectivity index (χ1) is 7.51. The van der Waals surface area contributed by atoms with Crippen LogP contribution in [0.15, 0.2) is 12.1 Å². The second-order valence-corrected chi connectivity index (χ2v) is 4.05. The molecule has 0 heterocycles. The monoisotopic (exact) mass is 242 g/mol. The molecule has 1 N–H and O–H groups in total. The number of methoxy groups -OCH3 is 1. The van der Waals surface area contributed by atoms with Gasteiger partial charge in [0.25, 0.3) is 0 Å². The fourth-order valence-electron chi connectivity index (χ4n) is 1.65. The highest BCUT2D eigenvalue weighted by molar-refractivity contribution is 6.31. The number of hydrogen-bond donors (Lipinski definition) is 1. The third-order valence-electron chi connectivity index (χ3n) is 2.59. The van der Waals surface area contributed by atoms with Crippen molar-refractivity contribution in [1.82, 2.24) is 0 Å². The molecule has 0 radical (unpaired) electrons. The van der Waals surface area contributed by atoms with E-state index in [0.29, 0.717) is 22.8 Å². The lowest BCUT2D eigenvalue weighted by Crippen LogP contribution is -2.12. The van der Waals surface area contributed by atoms with E-state index in [0.717, 1.165) is 5.56 Å². The highest BCUT2D eigenvalue weighted by Gasteiger charge is 2.22. The number of hydrogen-bond acceptors (Lipinski definition) is 2. The highest BCUT2D eigenvalue weighted by Crippen LogP contribution is 2.33. The van der Waals surface area contributed by atoms with Gasteiger partial charge in [-0.3, -0.25) is 4.79 Å². The zero-order valence-electron chi connectivity index (χ0n) is 9.58. The standard InChI is InChI=1S/C12H15ClO3/c1-4-8(12(14)15)9-6-10(13)7(2)5-11(9)16-3/h5-6,8H,4H2,1-3H3,(H,14,15). The molecule has 0 spiro atoms. The number of benzene rings is 1. The van der Waals surface area contributed by atoms with Gasteiger partial charge in [0.05, 0.1) is 13.0 Å². The zero-order valence-corrected chi connectivity index (χ0v) is 10.3. The Morgan fingerprint density at radius 3 is 2.62 bits per heavy atom. The second-order valence-electron chi connectivity index (χ2n) is 3.64. The molecule has 0 saturated carbocycles. The lowest BCUT2D eigenvalue weighted by molar-refractivity contribution is -0.138. The van der Waals surface area contributed by atoms with Crippen LogP contribution in [0.2, 0.25) is 5.02 Å². The first-order valence-electron chi connectivity index (χ1n) is 5.08. The molecule has 0 aliphatic carbocycles. The zero-order chi connectivity index (χ0) is 12.3. The van der Waals surface area contributed by atoms with E-state index >= 15 is 0 Å². The molecule has 0 bridgehead atoms. The molecule has 1 aromatic carbocycles. The Morgan fingerprint density at radius 2 is 2.19 bits per heavy atom. The minimum Gasteiger partial charge on any atom is -0.496 e. The molecular formula is C12H15ClO3. The van der Waals surface area contributed by atoms with Crippen molar-refractivity contribution in [3.05, 3.63) is 28.3 Å². The number of carboxylic acid groups (broad SMARTS) is 1. The predicted octanol–water partition coefficient (Wildman–Crippen LogP) is 3.24. The van der Waals surface area contributed by atoms with Gasteiger partial charge in [0, 0.05) is 10.6 Å². The summed E-state index contributed by atoms with van der Waals surface area (Å²) >= 11 is 6.00. The van der Waals surface area contributed by atoms with E-state index in [-0.39, 0.29) is 0 Å². The van der Waals surface area contributed by atoms with Crippen molar-refractivity contribution >= 4 is 17.6 Å². The van der Waals surface area contributed by atoms with Gasteiger partial charge < -0.3 is 9.84 Å². The van der Waals surface area contributed by atoms with Gasteiger partial charge in [0.2, 0.25) is 0 Å². The Bertz CT molecular complexity index is 401. The molecule has 16 heavy (non-hydrogen) atoms. The Hall–Kier alpha value is -1.22. The minimum absolute atomic E-state index is 0.505. The fraction of sp³-hybridized carbons (Fsp3) is 0.417. The molecule has 0 fully saturated rings. The predicted molar refractivity (Wildman–Crippen MR) is 63.4 cm³/mol. The van der Waals surface area contributed by atoms with Crippen LogP contribution in [0.4, 0.5) is 0 Å². The molecule has 0 aliphatic rings. The van der Waals surface area contributed by atoms with Gasteiger partial charge >= 0.3 is 5.97 Å². The summed E-state index contributed by atoms with van der Waals surface area (Å²) < 4.78 is 5.19. The van der Waals surface area contributed by atoms with Crippen LogP contribution in [0.5, 0.6) is 5.75 Å². The van der Waals surface area contributed by atoms with Crippen LogP contribution in [0.3, 0.4) is 0 Å². The molecule has 1 atom stereocenters. The number of ether oxygens (including phenoxy) is 1. The van der Waals surface area contributed by atoms with Crippen molar-refractivity contribution in [2.24, 2.45) is 0 Å². The van der Waals surface area contributed by atoms with E-state index in [1.807, 2.05) is 13.8 Å². The van der Waals surface area contributed by atoms with Gasteiger partial charge in [-0.2, -0.15) is 0 Å². The Kier molecular flexibility index (Phi) is 4.19. The summed E-state index contributed by atoms with van der Waals surface area (Å²) in [7, 11) is 1.53. The summed E-state index contributed by atoms with van der Waals surface area (Å²) in [5.74, 6) is -0.857. The van der Waals surface area contributed by atoms with Gasteiger partial charge in [0.1, 0.15) is 5.75 Å². The molecule has 1 aromatic rings. The van der Waals surface area contributed by atoms with E-state index in [9.17, 15) is 4.79 Å². The van der Waals surface area contributed by atoms with Crippen LogP contribution in [0, 0.1) is 6.92 Å². The Morgan fingerprint density at radius 1 is 1.56 bits per heavy atom. The van der Waals surface area contributed by atoms with Gasteiger partial charge in [-0.25, -0.2) is 0 Å². The Balaban J connectivity index is 3.30. The maximum atomic E-state index is 11.1. The van der Waals surface area contributed by atoms with Crippen molar-refractivity contribution < 1.29 is 14.6 Å². The van der Waals surface area contributed by atoms with E-state index < -0.39 is 11.9 Å². The normalized spacial score (nSPS) is 12.2. The van der Waals surface area contributed by atoms with E-state index in [2.05, 4.69) is 0 Å². The smallest absolute Gasteiger partial charge is 0.311 e. The van der Waals surface area contributed by atoms with Crippen molar-refractivity contribution in [3.63, 3.8) is 0 Å². The third kappa shape index (κ3) is 2.47. The number of aliphatic carboxylic acids is 1. The average molecular weight is 243 g/mol. The summed E-state index contributed by atoms with van der Waals surface area (Å²) in [6.07, 6.45) is 0.505. The minimum atomic E-state index is -0.860. The van der Waals surface area contributed by atoms with Crippen molar-refractivity contribution in [3.8, 4) is 5.75 Å². The first-order valence-corrected chi connectivity index (χ1v) is 5.45. The third-order valence-corrected chi connectivity index (χ3v) is 3.00. The van der Waals surface area contributed by atoms with Crippen LogP contribution in [0.25, 0.3) is 0 Å². The van der Waals surface area contributed by atoms with Crippen LogP contribution in [-0.4, -0.2) is 18.2 Å². The van der Waals surface area contributed by atoms with Gasteiger partial charge in [-0.1, -0.05) is 18.5 Å². The number of carbonyl (C=O) groups is 1. The fourth-order valence-corrected chi connectivity index (χ4v) is 1.82. The molecule has 1 unspecified atom stereocenters. The quantitative estimate of drug-likeness (QED) is 0.882. The van der Waals surface area contributed by atoms with Crippen molar-refractivity contribution in [2.45, 2.75) is 26.2 Å². The first kappa shape index (κ1) is 12.8. The van der Waals surface area contributed by atoms with E-state index in [1.54, 1.807) is 12.1 Å². The number of aryl methyl sites for hydroxylation is 1. The van der Waals surface area contributed by atoms with Gasteiger partial charge in [-0.05, 0) is 31.0 Å². The van der Waals surface area contributed by atoms with Crippen LogP contribution < -0.4 is 4.74 Å². The largest absolute Gasteiger partial charge is 0.496 e. The van der Waals surface area contributed by atoms with Crippen molar-refractivity contribution in [2.75, 3.05) is 7.11 Å². The maximum absolute atomic E-state index is 11.1. The van der Waals surface area contributed by atoms with Gasteiger partial charge in [-0.15, -0.1) is 0 Å². The van der Waals surface area contributed by atoms with Crippen LogP contribution >= 0.6 is 11.6 Å². The molecule has 0 amide bonds. The lowest BCUT2D eigenvalue weighted by atomic mass is 9.94. The molecule has 0 saturated heterocycles. The summed E-state index contributed by atoms with van der Waals surface area (Å²) in [6.45, 7) is 3.68. The summed E-state index contributed by atoms with van der Waals surface area (Å²) in [6, 6.07) is 3.45.